The lowest BCUT2D eigenvalue weighted by Gasteiger charge is -2.15. The maximum Gasteiger partial charge on any atom is 0.231 e. The Kier molecular flexibility index (Phi) is 4.42. The molecule has 2 N–H and O–H groups in total. The average molecular weight is 375 g/mol. The van der Waals surface area contributed by atoms with Crippen LogP contribution in [-0.4, -0.2) is 24.0 Å². The standard InChI is InChI=1S/C20H17ClFNO3/c21-15-4-3-5-16(22)13(15)10-18-19(25)12-6-7-17(24)14(20(12)26-18)11-23-8-1-2-9-23/h3-7,10,24H,1-2,8-9,11H2/p+1/b18-10+. The summed E-state index contributed by atoms with van der Waals surface area (Å²) >= 11 is 6.04. The molecule has 0 amide bonds. The van der Waals surface area contributed by atoms with Gasteiger partial charge in [0, 0.05) is 18.4 Å². The maximum absolute atomic E-state index is 14.0. The highest BCUT2D eigenvalue weighted by atomic mass is 35.5. The molecule has 0 aliphatic carbocycles. The molecule has 0 radical (unpaired) electrons. The van der Waals surface area contributed by atoms with Gasteiger partial charge in [-0.25, -0.2) is 4.39 Å². The fourth-order valence-corrected chi connectivity index (χ4v) is 3.77. The van der Waals surface area contributed by atoms with E-state index >= 15 is 0 Å². The van der Waals surface area contributed by atoms with Gasteiger partial charge in [0.25, 0.3) is 0 Å². The number of carbonyl (C=O) groups is 1. The van der Waals surface area contributed by atoms with Crippen LogP contribution < -0.4 is 9.64 Å². The monoisotopic (exact) mass is 374 g/mol. The molecule has 0 aromatic heterocycles. The zero-order valence-corrected chi connectivity index (χ0v) is 14.8. The van der Waals surface area contributed by atoms with Gasteiger partial charge in [0.05, 0.1) is 29.2 Å². The fourth-order valence-electron chi connectivity index (χ4n) is 3.55. The van der Waals surface area contributed by atoms with Crippen LogP contribution in [0.2, 0.25) is 5.02 Å². The topological polar surface area (TPSA) is 51.0 Å². The molecule has 2 aliphatic rings. The third kappa shape index (κ3) is 2.97. The number of Topliss-reactive ketones (excluding diaryl/α,β-unsaturated/α-hetero) is 1. The maximum atomic E-state index is 14.0. The van der Waals surface area contributed by atoms with Crippen LogP contribution in [0, 0.1) is 5.82 Å². The number of halogens is 2. The van der Waals surface area contributed by atoms with Crippen molar-refractivity contribution in [2.45, 2.75) is 19.4 Å². The first-order chi connectivity index (χ1) is 12.5. The van der Waals surface area contributed by atoms with Gasteiger partial charge in [0.2, 0.25) is 5.78 Å². The number of benzene rings is 2. The van der Waals surface area contributed by atoms with E-state index in [9.17, 15) is 14.3 Å². The quantitative estimate of drug-likeness (QED) is 0.812. The molecule has 0 bridgehead atoms. The van der Waals surface area contributed by atoms with Gasteiger partial charge in [0.1, 0.15) is 18.1 Å². The Morgan fingerprint density at radius 3 is 2.73 bits per heavy atom. The Morgan fingerprint density at radius 1 is 1.23 bits per heavy atom. The Balaban J connectivity index is 1.72. The molecule has 0 unspecified atom stereocenters. The highest BCUT2D eigenvalue weighted by molar-refractivity contribution is 6.32. The van der Waals surface area contributed by atoms with Crippen molar-refractivity contribution in [2.24, 2.45) is 0 Å². The molecule has 2 heterocycles. The number of aromatic hydroxyl groups is 1. The van der Waals surface area contributed by atoms with Gasteiger partial charge in [0.15, 0.2) is 11.5 Å². The van der Waals surface area contributed by atoms with Gasteiger partial charge in [-0.3, -0.25) is 4.79 Å². The van der Waals surface area contributed by atoms with Gasteiger partial charge < -0.3 is 14.7 Å². The van der Waals surface area contributed by atoms with Crippen LogP contribution in [-0.2, 0) is 6.54 Å². The number of quaternary nitrogens is 1. The molecule has 6 heteroatoms. The second-order valence-corrected chi connectivity index (χ2v) is 7.06. The predicted octanol–water partition coefficient (Wildman–Crippen LogP) is 2.98. The van der Waals surface area contributed by atoms with Crippen molar-refractivity contribution < 1.29 is 23.9 Å². The van der Waals surface area contributed by atoms with E-state index in [4.69, 9.17) is 16.3 Å². The summed E-state index contributed by atoms with van der Waals surface area (Å²) in [6.45, 7) is 2.66. The average Bonchev–Trinajstić information content (AvgIpc) is 3.23. The summed E-state index contributed by atoms with van der Waals surface area (Å²) in [6.07, 6.45) is 3.63. The van der Waals surface area contributed by atoms with Gasteiger partial charge in [-0.15, -0.1) is 0 Å². The Morgan fingerprint density at radius 2 is 2.00 bits per heavy atom. The lowest BCUT2D eigenvalue weighted by atomic mass is 10.0. The molecule has 134 valence electrons. The molecule has 1 fully saturated rings. The lowest BCUT2D eigenvalue weighted by molar-refractivity contribution is -0.901. The zero-order valence-electron chi connectivity index (χ0n) is 14.0. The van der Waals surface area contributed by atoms with Crippen molar-refractivity contribution in [3.63, 3.8) is 0 Å². The number of likely N-dealkylation sites (tertiary alicyclic amines) is 1. The van der Waals surface area contributed by atoms with E-state index < -0.39 is 5.82 Å². The van der Waals surface area contributed by atoms with Crippen LogP contribution >= 0.6 is 11.6 Å². The molecule has 0 atom stereocenters. The first-order valence-corrected chi connectivity index (χ1v) is 8.99. The minimum absolute atomic E-state index is 0.00951. The minimum Gasteiger partial charge on any atom is -0.507 e. The van der Waals surface area contributed by atoms with Crippen LogP contribution in [0.5, 0.6) is 11.5 Å². The Labute approximate surface area is 155 Å². The largest absolute Gasteiger partial charge is 0.507 e. The first kappa shape index (κ1) is 17.1. The summed E-state index contributed by atoms with van der Waals surface area (Å²) in [5, 5.41) is 10.5. The zero-order chi connectivity index (χ0) is 18.3. The molecular weight excluding hydrogens is 357 g/mol. The van der Waals surface area contributed by atoms with E-state index in [0.717, 1.165) is 25.9 Å². The third-order valence-electron chi connectivity index (χ3n) is 4.93. The highest BCUT2D eigenvalue weighted by Crippen LogP contribution is 2.39. The molecule has 4 rings (SSSR count). The fraction of sp³-hybridized carbons (Fsp3) is 0.250. The molecule has 0 saturated carbocycles. The summed E-state index contributed by atoms with van der Waals surface area (Å²) in [5.41, 5.74) is 1.12. The lowest BCUT2D eigenvalue weighted by Crippen LogP contribution is -3.08. The van der Waals surface area contributed by atoms with Gasteiger partial charge in [-0.1, -0.05) is 17.7 Å². The van der Waals surface area contributed by atoms with Crippen LogP contribution in [0.4, 0.5) is 4.39 Å². The van der Waals surface area contributed by atoms with Crippen molar-refractivity contribution >= 4 is 23.5 Å². The van der Waals surface area contributed by atoms with E-state index in [2.05, 4.69) is 0 Å². The van der Waals surface area contributed by atoms with Crippen LogP contribution in [0.3, 0.4) is 0 Å². The van der Waals surface area contributed by atoms with E-state index in [0.29, 0.717) is 23.4 Å². The summed E-state index contributed by atoms with van der Waals surface area (Å²) in [5.74, 6) is -0.372. The number of phenols is 1. The number of ketones is 1. The first-order valence-electron chi connectivity index (χ1n) is 8.61. The summed E-state index contributed by atoms with van der Waals surface area (Å²) < 4.78 is 19.8. The summed E-state index contributed by atoms with van der Waals surface area (Å²) in [4.78, 5) is 14.0. The van der Waals surface area contributed by atoms with Crippen molar-refractivity contribution in [1.82, 2.24) is 0 Å². The molecule has 2 aromatic rings. The van der Waals surface area contributed by atoms with E-state index in [1.807, 2.05) is 0 Å². The second-order valence-electron chi connectivity index (χ2n) is 6.65. The molecule has 4 nitrogen and oxygen atoms in total. The Hall–Kier alpha value is -2.37. The van der Waals surface area contributed by atoms with Crippen molar-refractivity contribution in [2.75, 3.05) is 13.1 Å². The molecular formula is C20H18ClFNO3+. The summed E-state index contributed by atoms with van der Waals surface area (Å²) in [6, 6.07) is 7.39. The second kappa shape index (κ2) is 6.74. The van der Waals surface area contributed by atoms with Crippen molar-refractivity contribution in [3.05, 3.63) is 63.6 Å². The number of rotatable bonds is 3. The SMILES string of the molecule is O=C1/C(=C\c2c(F)cccc2Cl)Oc2c1ccc(O)c2C[NH+]1CCCC1. The molecule has 0 spiro atoms. The van der Waals surface area contributed by atoms with Crippen LogP contribution in [0.25, 0.3) is 6.08 Å². The van der Waals surface area contributed by atoms with Gasteiger partial charge >= 0.3 is 0 Å². The minimum atomic E-state index is -0.526. The van der Waals surface area contributed by atoms with Crippen molar-refractivity contribution in [1.29, 1.82) is 0 Å². The molecule has 1 saturated heterocycles. The molecule has 2 aliphatic heterocycles. The number of phenolic OH excluding ortho intramolecular Hbond substituents is 1. The smallest absolute Gasteiger partial charge is 0.231 e. The van der Waals surface area contributed by atoms with Crippen LogP contribution in [0.15, 0.2) is 36.1 Å². The van der Waals surface area contributed by atoms with E-state index in [1.165, 1.54) is 29.2 Å². The molecule has 2 aromatic carbocycles. The number of ether oxygens (including phenoxy) is 1. The number of carbonyl (C=O) groups excluding carboxylic acids is 1. The number of nitrogens with one attached hydrogen (secondary N) is 1. The van der Waals surface area contributed by atoms with Crippen molar-refractivity contribution in [3.8, 4) is 11.5 Å². The summed E-state index contributed by atoms with van der Waals surface area (Å²) in [7, 11) is 0. The van der Waals surface area contributed by atoms with Gasteiger partial charge in [-0.05, 0) is 30.3 Å². The van der Waals surface area contributed by atoms with E-state index in [1.54, 1.807) is 12.1 Å². The third-order valence-corrected chi connectivity index (χ3v) is 5.26. The van der Waals surface area contributed by atoms with E-state index in [-0.39, 0.29) is 27.9 Å². The normalized spacial score (nSPS) is 18.4. The number of hydrogen-bond donors (Lipinski definition) is 2. The number of allylic oxidation sites excluding steroid dienone is 1. The van der Waals surface area contributed by atoms with Gasteiger partial charge in [-0.2, -0.15) is 0 Å². The van der Waals surface area contributed by atoms with Crippen LogP contribution in [0.1, 0.15) is 34.3 Å². The Bertz CT molecular complexity index is 899. The highest BCUT2D eigenvalue weighted by Gasteiger charge is 2.33. The number of fused-ring (bicyclic) bond motifs is 1. The molecule has 26 heavy (non-hydrogen) atoms. The number of hydrogen-bond acceptors (Lipinski definition) is 3. The predicted molar refractivity (Wildman–Crippen MR) is 96.1 cm³/mol.